The molecule has 3 nitrogen and oxygen atoms in total. The molecule has 1 aromatic carbocycles. The van der Waals surface area contributed by atoms with Crippen molar-refractivity contribution in [3.63, 3.8) is 0 Å². The van der Waals surface area contributed by atoms with Gasteiger partial charge in [-0.25, -0.2) is 9.37 Å². The van der Waals surface area contributed by atoms with Crippen LogP contribution in [0.5, 0.6) is 0 Å². The lowest BCUT2D eigenvalue weighted by Crippen LogP contribution is -2.31. The van der Waals surface area contributed by atoms with Crippen molar-refractivity contribution in [1.82, 2.24) is 9.97 Å². The molecule has 31 heavy (non-hydrogen) atoms. The van der Waals surface area contributed by atoms with E-state index >= 15 is 0 Å². The number of aromatic amines is 1. The summed E-state index contributed by atoms with van der Waals surface area (Å²) in [5.74, 6) is 1.12. The fourth-order valence-electron chi connectivity index (χ4n) is 5.54. The summed E-state index contributed by atoms with van der Waals surface area (Å²) in [4.78, 5) is 12.6. The molecule has 0 spiro atoms. The number of halogens is 1. The van der Waals surface area contributed by atoms with E-state index in [-0.39, 0.29) is 5.82 Å². The lowest BCUT2D eigenvalue weighted by molar-refractivity contribution is 0.0873. The van der Waals surface area contributed by atoms with Gasteiger partial charge >= 0.3 is 0 Å². The number of nitrogens with one attached hydrogen (secondary N) is 1. The van der Waals surface area contributed by atoms with E-state index in [4.69, 9.17) is 4.99 Å². The molecule has 2 aliphatic rings. The van der Waals surface area contributed by atoms with Crippen LogP contribution >= 0.6 is 0 Å². The van der Waals surface area contributed by atoms with Gasteiger partial charge in [0.25, 0.3) is 0 Å². The molecule has 4 heteroatoms. The average Bonchev–Trinajstić information content (AvgIpc) is 3.22. The molecule has 0 bridgehead atoms. The van der Waals surface area contributed by atoms with Gasteiger partial charge in [-0.1, -0.05) is 26.7 Å². The summed E-state index contributed by atoms with van der Waals surface area (Å²) >= 11 is 0. The summed E-state index contributed by atoms with van der Waals surface area (Å²) in [6.45, 7) is 4.75. The third kappa shape index (κ3) is 4.21. The summed E-state index contributed by atoms with van der Waals surface area (Å²) in [5, 5.41) is 1.12. The topological polar surface area (TPSA) is 41.0 Å². The molecule has 2 aromatic heterocycles. The summed E-state index contributed by atoms with van der Waals surface area (Å²) in [6.07, 6.45) is 13.4. The highest BCUT2D eigenvalue weighted by Crippen LogP contribution is 2.47. The van der Waals surface area contributed by atoms with E-state index in [0.717, 1.165) is 34.6 Å². The Labute approximate surface area is 183 Å². The van der Waals surface area contributed by atoms with Crippen LogP contribution in [-0.2, 0) is 0 Å². The predicted octanol–water partition coefficient (Wildman–Crippen LogP) is 7.27. The Hall–Kier alpha value is -2.75. The van der Waals surface area contributed by atoms with Crippen molar-refractivity contribution in [3.05, 3.63) is 65.7 Å². The summed E-state index contributed by atoms with van der Waals surface area (Å²) in [7, 11) is 0. The van der Waals surface area contributed by atoms with E-state index in [1.165, 1.54) is 55.4 Å². The Morgan fingerprint density at radius 2 is 1.87 bits per heavy atom. The van der Waals surface area contributed by atoms with Gasteiger partial charge in [-0.2, -0.15) is 0 Å². The number of nitrogens with zero attached hydrogens (tertiary/aromatic N) is 2. The number of aliphatic imine (C=N–C) groups is 1. The van der Waals surface area contributed by atoms with Crippen molar-refractivity contribution in [1.29, 1.82) is 0 Å². The molecule has 3 aromatic rings. The fourth-order valence-corrected chi connectivity index (χ4v) is 5.54. The molecule has 1 N–H and O–H groups in total. The predicted molar refractivity (Wildman–Crippen MR) is 126 cm³/mol. The first-order chi connectivity index (χ1) is 15.0. The Bertz CT molecular complexity index is 1130. The van der Waals surface area contributed by atoms with Crippen LogP contribution in [0, 0.1) is 23.1 Å². The zero-order chi connectivity index (χ0) is 21.4. The Balaban J connectivity index is 1.40. The minimum atomic E-state index is -0.223. The van der Waals surface area contributed by atoms with Crippen molar-refractivity contribution in [3.8, 4) is 0 Å². The Morgan fingerprint density at radius 3 is 2.65 bits per heavy atom. The second-order valence-electron chi connectivity index (χ2n) is 10.0. The van der Waals surface area contributed by atoms with Gasteiger partial charge in [0.1, 0.15) is 11.5 Å². The molecule has 160 valence electrons. The van der Waals surface area contributed by atoms with Gasteiger partial charge in [-0.15, -0.1) is 0 Å². The smallest absolute Gasteiger partial charge is 0.137 e. The number of H-pyrrole nitrogens is 1. The van der Waals surface area contributed by atoms with Crippen molar-refractivity contribution in [2.45, 2.75) is 52.4 Å². The quantitative estimate of drug-likeness (QED) is 0.452. The van der Waals surface area contributed by atoms with E-state index in [0.29, 0.717) is 11.3 Å². The standard InChI is InChI=1S/C27H30FN3/c1-27(2)15-19(16-27)5-3-4-18-14-24(22-10-12-29-26-23(22)11-13-30-26)25(31-17-18)20-6-8-21(28)9-7-20/h6-13,17-19H,3-5,14-16H2,1-2H3,(H,29,30). The number of rotatable bonds is 6. The molecule has 1 aliphatic carbocycles. The molecule has 1 aliphatic heterocycles. The summed E-state index contributed by atoms with van der Waals surface area (Å²) in [5.41, 5.74) is 5.76. The molecule has 3 heterocycles. The molecule has 0 amide bonds. The van der Waals surface area contributed by atoms with Crippen LogP contribution in [0.1, 0.15) is 63.5 Å². The van der Waals surface area contributed by atoms with E-state index in [2.05, 4.69) is 42.2 Å². The van der Waals surface area contributed by atoms with Gasteiger partial charge in [-0.3, -0.25) is 4.99 Å². The van der Waals surface area contributed by atoms with Crippen LogP contribution in [0.2, 0.25) is 0 Å². The van der Waals surface area contributed by atoms with Crippen LogP contribution in [-0.4, -0.2) is 16.2 Å². The lowest BCUT2D eigenvalue weighted by atomic mass is 9.63. The van der Waals surface area contributed by atoms with Crippen LogP contribution in [0.25, 0.3) is 22.3 Å². The first kappa shape index (κ1) is 20.2. The molecule has 1 unspecified atom stereocenters. The first-order valence-corrected chi connectivity index (χ1v) is 11.4. The minimum absolute atomic E-state index is 0.223. The number of pyridine rings is 1. The molecule has 0 saturated heterocycles. The monoisotopic (exact) mass is 415 g/mol. The highest BCUT2D eigenvalue weighted by atomic mass is 19.1. The van der Waals surface area contributed by atoms with Crippen LogP contribution in [0.3, 0.4) is 0 Å². The largest absolute Gasteiger partial charge is 0.346 e. The SMILES string of the molecule is CC1(C)CC(CCCC2C=NC(c3ccc(F)cc3)=C(c3ccnc4[nH]ccc34)C2)C1. The molecule has 1 atom stereocenters. The third-order valence-corrected chi connectivity index (χ3v) is 6.94. The summed E-state index contributed by atoms with van der Waals surface area (Å²) < 4.78 is 13.5. The first-order valence-electron chi connectivity index (χ1n) is 11.4. The third-order valence-electron chi connectivity index (χ3n) is 6.94. The van der Waals surface area contributed by atoms with Gasteiger partial charge in [0.15, 0.2) is 0 Å². The number of aromatic nitrogens is 2. The van der Waals surface area contributed by atoms with Crippen molar-refractivity contribution >= 4 is 28.5 Å². The van der Waals surface area contributed by atoms with Crippen LogP contribution in [0.4, 0.5) is 4.39 Å². The molecule has 5 rings (SSSR count). The van der Waals surface area contributed by atoms with E-state index in [1.807, 2.05) is 24.5 Å². The molecular formula is C27H30FN3. The van der Waals surface area contributed by atoms with Gasteiger partial charge < -0.3 is 4.98 Å². The maximum atomic E-state index is 13.5. The molecule has 1 fully saturated rings. The van der Waals surface area contributed by atoms with Gasteiger partial charge in [0.2, 0.25) is 0 Å². The minimum Gasteiger partial charge on any atom is -0.346 e. The maximum absolute atomic E-state index is 13.5. The molecule has 0 radical (unpaired) electrons. The molecule has 1 saturated carbocycles. The second kappa shape index (κ2) is 8.07. The van der Waals surface area contributed by atoms with Crippen LogP contribution in [0.15, 0.2) is 53.8 Å². The van der Waals surface area contributed by atoms with Crippen molar-refractivity contribution in [2.75, 3.05) is 0 Å². The second-order valence-corrected chi connectivity index (χ2v) is 10.0. The normalized spacial score (nSPS) is 20.9. The van der Waals surface area contributed by atoms with Crippen LogP contribution < -0.4 is 0 Å². The highest BCUT2D eigenvalue weighted by Gasteiger charge is 2.35. The number of hydrogen-bond acceptors (Lipinski definition) is 2. The maximum Gasteiger partial charge on any atom is 0.137 e. The number of allylic oxidation sites excluding steroid dienone is 1. The Kier molecular flexibility index (Phi) is 5.25. The van der Waals surface area contributed by atoms with Crippen molar-refractivity contribution in [2.24, 2.45) is 22.2 Å². The number of fused-ring (bicyclic) bond motifs is 1. The van der Waals surface area contributed by atoms with Gasteiger partial charge in [-0.05, 0) is 90.5 Å². The zero-order valence-corrected chi connectivity index (χ0v) is 18.4. The number of hydrogen-bond donors (Lipinski definition) is 1. The van der Waals surface area contributed by atoms with E-state index < -0.39 is 0 Å². The zero-order valence-electron chi connectivity index (χ0n) is 18.4. The summed E-state index contributed by atoms with van der Waals surface area (Å²) in [6, 6.07) is 10.9. The van der Waals surface area contributed by atoms with E-state index in [1.54, 1.807) is 0 Å². The average molecular weight is 416 g/mol. The Morgan fingerprint density at radius 1 is 1.06 bits per heavy atom. The fraction of sp³-hybridized carbons (Fsp3) is 0.407. The van der Waals surface area contributed by atoms with E-state index in [9.17, 15) is 4.39 Å². The molecular weight excluding hydrogens is 385 g/mol. The van der Waals surface area contributed by atoms with Gasteiger partial charge in [0, 0.05) is 29.6 Å². The van der Waals surface area contributed by atoms with Crippen molar-refractivity contribution < 1.29 is 4.39 Å². The van der Waals surface area contributed by atoms with Gasteiger partial charge in [0.05, 0.1) is 5.70 Å². The number of benzene rings is 1. The lowest BCUT2D eigenvalue weighted by Gasteiger charge is -2.43. The highest BCUT2D eigenvalue weighted by molar-refractivity contribution is 6.02.